The Morgan fingerprint density at radius 1 is 1.26 bits per heavy atom. The molecule has 0 saturated heterocycles. The van der Waals surface area contributed by atoms with Crippen LogP contribution in [-0.2, 0) is 10.0 Å². The maximum atomic E-state index is 12.3. The summed E-state index contributed by atoms with van der Waals surface area (Å²) >= 11 is 0. The van der Waals surface area contributed by atoms with E-state index in [2.05, 4.69) is 0 Å². The van der Waals surface area contributed by atoms with Crippen molar-refractivity contribution in [2.45, 2.75) is 25.7 Å². The molecule has 0 heterocycles. The first-order chi connectivity index (χ1) is 8.97. The smallest absolute Gasteiger partial charge is 0.243 e. The second kappa shape index (κ2) is 6.88. The van der Waals surface area contributed by atoms with Gasteiger partial charge in [-0.3, -0.25) is 0 Å². The normalized spacial score (nSPS) is 11.8. The molecule has 0 radical (unpaired) electrons. The minimum Gasteiger partial charge on any atom is -0.492 e. The van der Waals surface area contributed by atoms with Crippen LogP contribution in [0.25, 0.3) is 0 Å². The van der Waals surface area contributed by atoms with Crippen LogP contribution in [0.3, 0.4) is 0 Å². The maximum Gasteiger partial charge on any atom is 0.243 e. The Balaban J connectivity index is 3.06. The minimum absolute atomic E-state index is 0.300. The van der Waals surface area contributed by atoms with Crippen LogP contribution in [0.5, 0.6) is 5.75 Å². The number of rotatable bonds is 7. The van der Waals surface area contributed by atoms with E-state index in [0.717, 1.165) is 5.56 Å². The summed E-state index contributed by atoms with van der Waals surface area (Å²) in [5, 5.41) is 0. The Morgan fingerprint density at radius 2 is 1.89 bits per heavy atom. The molecule has 0 aromatic heterocycles. The Labute approximate surface area is 115 Å². The van der Waals surface area contributed by atoms with E-state index in [0.29, 0.717) is 36.9 Å². The highest BCUT2D eigenvalue weighted by atomic mass is 32.2. The first-order valence-electron chi connectivity index (χ1n) is 6.41. The molecule has 1 aromatic rings. The zero-order valence-corrected chi connectivity index (χ0v) is 12.5. The Morgan fingerprint density at radius 3 is 2.37 bits per heavy atom. The maximum absolute atomic E-state index is 12.3. The van der Waals surface area contributed by atoms with Crippen molar-refractivity contribution < 1.29 is 13.2 Å². The SMILES string of the molecule is CCN(CC)S(=O)(=O)c1ccc(OCCN)c(C)c1. The Bertz CT molecular complexity index is 511. The molecule has 19 heavy (non-hydrogen) atoms. The van der Waals surface area contributed by atoms with E-state index >= 15 is 0 Å². The monoisotopic (exact) mass is 286 g/mol. The summed E-state index contributed by atoms with van der Waals surface area (Å²) in [6, 6.07) is 4.90. The molecule has 0 aliphatic heterocycles. The molecule has 0 spiro atoms. The average molecular weight is 286 g/mol. The number of hydrogen-bond donors (Lipinski definition) is 1. The average Bonchev–Trinajstić information content (AvgIpc) is 2.38. The number of nitrogens with two attached hydrogens (primary N) is 1. The zero-order chi connectivity index (χ0) is 14.5. The van der Waals surface area contributed by atoms with Crippen LogP contribution in [0, 0.1) is 6.92 Å². The third kappa shape index (κ3) is 3.68. The summed E-state index contributed by atoms with van der Waals surface area (Å²) in [5.74, 6) is 0.670. The van der Waals surface area contributed by atoms with Crippen LogP contribution in [0.2, 0.25) is 0 Å². The zero-order valence-electron chi connectivity index (χ0n) is 11.7. The Kier molecular flexibility index (Phi) is 5.78. The van der Waals surface area contributed by atoms with E-state index in [1.165, 1.54) is 4.31 Å². The summed E-state index contributed by atoms with van der Waals surface area (Å²) in [6.45, 7) is 7.25. The van der Waals surface area contributed by atoms with Gasteiger partial charge in [0.25, 0.3) is 0 Å². The molecular formula is C13H22N2O3S. The van der Waals surface area contributed by atoms with Crippen LogP contribution in [0.15, 0.2) is 23.1 Å². The molecule has 0 bridgehead atoms. The number of aryl methyl sites for hydroxylation is 1. The van der Waals surface area contributed by atoms with Crippen LogP contribution >= 0.6 is 0 Å². The van der Waals surface area contributed by atoms with Gasteiger partial charge in [-0.05, 0) is 30.7 Å². The summed E-state index contributed by atoms with van der Waals surface area (Å²) < 4.78 is 31.5. The van der Waals surface area contributed by atoms with Gasteiger partial charge < -0.3 is 10.5 Å². The molecule has 0 saturated carbocycles. The van der Waals surface area contributed by atoms with E-state index in [1.807, 2.05) is 20.8 Å². The van der Waals surface area contributed by atoms with Gasteiger partial charge in [0.15, 0.2) is 0 Å². The largest absolute Gasteiger partial charge is 0.492 e. The molecule has 0 amide bonds. The van der Waals surface area contributed by atoms with E-state index in [4.69, 9.17) is 10.5 Å². The van der Waals surface area contributed by atoms with Gasteiger partial charge in [-0.2, -0.15) is 4.31 Å². The highest BCUT2D eigenvalue weighted by molar-refractivity contribution is 7.89. The molecule has 0 atom stereocenters. The van der Waals surface area contributed by atoms with E-state index in [1.54, 1.807) is 18.2 Å². The summed E-state index contributed by atoms with van der Waals surface area (Å²) in [7, 11) is -3.41. The Hall–Kier alpha value is -1.11. The molecule has 0 aliphatic carbocycles. The lowest BCUT2D eigenvalue weighted by Crippen LogP contribution is -2.30. The molecule has 1 aromatic carbocycles. The number of nitrogens with zero attached hydrogens (tertiary/aromatic N) is 1. The highest BCUT2D eigenvalue weighted by Gasteiger charge is 2.22. The fraction of sp³-hybridized carbons (Fsp3) is 0.538. The lowest BCUT2D eigenvalue weighted by Gasteiger charge is -2.19. The number of hydrogen-bond acceptors (Lipinski definition) is 4. The van der Waals surface area contributed by atoms with Crippen molar-refractivity contribution in [1.29, 1.82) is 0 Å². The summed E-state index contributed by atoms with van der Waals surface area (Å²) in [5.41, 5.74) is 6.17. The van der Waals surface area contributed by atoms with Gasteiger partial charge in [-0.1, -0.05) is 13.8 Å². The third-order valence-electron chi connectivity index (χ3n) is 2.87. The van der Waals surface area contributed by atoms with Crippen LogP contribution in [0.1, 0.15) is 19.4 Å². The molecule has 0 aliphatic rings. The number of sulfonamides is 1. The minimum atomic E-state index is -3.41. The first-order valence-corrected chi connectivity index (χ1v) is 7.85. The van der Waals surface area contributed by atoms with Crippen LogP contribution in [0.4, 0.5) is 0 Å². The van der Waals surface area contributed by atoms with Gasteiger partial charge >= 0.3 is 0 Å². The van der Waals surface area contributed by atoms with Gasteiger partial charge in [0.05, 0.1) is 4.90 Å². The van der Waals surface area contributed by atoms with Gasteiger partial charge in [0.1, 0.15) is 12.4 Å². The fourth-order valence-corrected chi connectivity index (χ4v) is 3.37. The topological polar surface area (TPSA) is 72.6 Å². The first kappa shape index (κ1) is 15.9. The van der Waals surface area contributed by atoms with Crippen molar-refractivity contribution in [1.82, 2.24) is 4.31 Å². The van der Waals surface area contributed by atoms with Gasteiger partial charge in [-0.25, -0.2) is 8.42 Å². The lowest BCUT2D eigenvalue weighted by atomic mass is 10.2. The summed E-state index contributed by atoms with van der Waals surface area (Å²) in [6.07, 6.45) is 0. The molecular weight excluding hydrogens is 264 g/mol. The molecule has 1 rings (SSSR count). The van der Waals surface area contributed by atoms with Crippen molar-refractivity contribution in [3.8, 4) is 5.75 Å². The van der Waals surface area contributed by atoms with Crippen molar-refractivity contribution in [2.24, 2.45) is 5.73 Å². The van der Waals surface area contributed by atoms with Crippen molar-refractivity contribution in [2.75, 3.05) is 26.2 Å². The molecule has 0 fully saturated rings. The van der Waals surface area contributed by atoms with E-state index in [-0.39, 0.29) is 0 Å². The van der Waals surface area contributed by atoms with Crippen molar-refractivity contribution in [3.05, 3.63) is 23.8 Å². The number of ether oxygens (including phenoxy) is 1. The van der Waals surface area contributed by atoms with Crippen LogP contribution in [-0.4, -0.2) is 39.0 Å². The van der Waals surface area contributed by atoms with Gasteiger partial charge in [0.2, 0.25) is 10.0 Å². The second-order valence-corrected chi connectivity index (χ2v) is 6.09. The molecule has 0 unspecified atom stereocenters. The highest BCUT2D eigenvalue weighted by Crippen LogP contribution is 2.23. The molecule has 6 heteroatoms. The van der Waals surface area contributed by atoms with Crippen LogP contribution < -0.4 is 10.5 Å². The molecule has 5 nitrogen and oxygen atoms in total. The quantitative estimate of drug-likeness (QED) is 0.821. The summed E-state index contributed by atoms with van der Waals surface area (Å²) in [4.78, 5) is 0.300. The van der Waals surface area contributed by atoms with Crippen molar-refractivity contribution >= 4 is 10.0 Å². The predicted molar refractivity (Wildman–Crippen MR) is 75.8 cm³/mol. The van der Waals surface area contributed by atoms with E-state index < -0.39 is 10.0 Å². The van der Waals surface area contributed by atoms with Gasteiger partial charge in [-0.15, -0.1) is 0 Å². The van der Waals surface area contributed by atoms with Gasteiger partial charge in [0, 0.05) is 19.6 Å². The lowest BCUT2D eigenvalue weighted by molar-refractivity contribution is 0.326. The van der Waals surface area contributed by atoms with E-state index in [9.17, 15) is 8.42 Å². The predicted octanol–water partition coefficient (Wildman–Crippen LogP) is 1.36. The fourth-order valence-electron chi connectivity index (χ4n) is 1.83. The van der Waals surface area contributed by atoms with Crippen molar-refractivity contribution in [3.63, 3.8) is 0 Å². The number of benzene rings is 1. The standard InChI is InChI=1S/C13H22N2O3S/c1-4-15(5-2)19(16,17)12-6-7-13(11(3)10-12)18-9-8-14/h6-7,10H,4-5,8-9,14H2,1-3H3. The molecule has 2 N–H and O–H groups in total. The molecule has 108 valence electrons. The second-order valence-electron chi connectivity index (χ2n) is 4.15. The third-order valence-corrected chi connectivity index (χ3v) is 4.91.